The minimum atomic E-state index is -0.481. The van der Waals surface area contributed by atoms with Gasteiger partial charge in [-0.1, -0.05) is 42.5 Å². The summed E-state index contributed by atoms with van der Waals surface area (Å²) >= 11 is 0. The van der Waals surface area contributed by atoms with Crippen LogP contribution in [0, 0.1) is 0 Å². The molecule has 1 saturated heterocycles. The summed E-state index contributed by atoms with van der Waals surface area (Å²) in [5.74, 6) is -0.666. The van der Waals surface area contributed by atoms with E-state index < -0.39 is 5.97 Å². The number of nitrogens with one attached hydrogen (secondary N) is 1. The number of hydrogen-bond donors (Lipinski definition) is 1. The number of rotatable bonds is 5. The molecule has 6 heteroatoms. The van der Waals surface area contributed by atoms with Gasteiger partial charge in [0.2, 0.25) is 5.91 Å². The zero-order chi connectivity index (χ0) is 20.9. The molecule has 1 aliphatic heterocycles. The van der Waals surface area contributed by atoms with Gasteiger partial charge in [0.15, 0.2) is 0 Å². The van der Waals surface area contributed by atoms with Crippen molar-refractivity contribution in [2.24, 2.45) is 0 Å². The van der Waals surface area contributed by atoms with Gasteiger partial charge >= 0.3 is 5.97 Å². The summed E-state index contributed by atoms with van der Waals surface area (Å²) < 4.78 is 10.3. The smallest absolute Gasteiger partial charge is 0.340 e. The molecule has 0 bridgehead atoms. The van der Waals surface area contributed by atoms with Crippen LogP contribution in [-0.4, -0.2) is 45.3 Å². The van der Waals surface area contributed by atoms with Crippen LogP contribution < -0.4 is 10.2 Å². The SMILES string of the molecule is COC(=O)c1cc(N2CCOCC2)ccc1NC(=O)Cc1cccc2ccccc12. The van der Waals surface area contributed by atoms with Gasteiger partial charge in [0.25, 0.3) is 0 Å². The predicted octanol–water partition coefficient (Wildman–Crippen LogP) is 3.64. The third kappa shape index (κ3) is 4.28. The highest BCUT2D eigenvalue weighted by atomic mass is 16.5. The van der Waals surface area contributed by atoms with E-state index in [9.17, 15) is 9.59 Å². The number of benzene rings is 3. The third-order valence-electron chi connectivity index (χ3n) is 5.29. The molecule has 4 rings (SSSR count). The molecule has 1 heterocycles. The molecule has 0 saturated carbocycles. The van der Waals surface area contributed by atoms with Gasteiger partial charge in [-0.15, -0.1) is 0 Å². The molecule has 1 amide bonds. The third-order valence-corrected chi connectivity index (χ3v) is 5.29. The largest absolute Gasteiger partial charge is 0.465 e. The molecule has 30 heavy (non-hydrogen) atoms. The molecule has 0 radical (unpaired) electrons. The fourth-order valence-corrected chi connectivity index (χ4v) is 3.75. The first-order valence-corrected chi connectivity index (χ1v) is 9.97. The lowest BCUT2D eigenvalue weighted by atomic mass is 10.0. The van der Waals surface area contributed by atoms with E-state index in [0.717, 1.165) is 35.1 Å². The average Bonchev–Trinajstić information content (AvgIpc) is 2.79. The number of anilines is 2. The Bertz CT molecular complexity index is 1070. The van der Waals surface area contributed by atoms with Gasteiger partial charge in [0.05, 0.1) is 38.0 Å². The Kier molecular flexibility index (Phi) is 5.95. The molecule has 3 aromatic rings. The molecule has 1 N–H and O–H groups in total. The quantitative estimate of drug-likeness (QED) is 0.658. The minimum absolute atomic E-state index is 0.185. The van der Waals surface area contributed by atoms with E-state index in [1.54, 1.807) is 12.1 Å². The van der Waals surface area contributed by atoms with Crippen LogP contribution in [0.2, 0.25) is 0 Å². The van der Waals surface area contributed by atoms with Gasteiger partial charge in [-0.2, -0.15) is 0 Å². The van der Waals surface area contributed by atoms with Crippen LogP contribution in [0.4, 0.5) is 11.4 Å². The van der Waals surface area contributed by atoms with E-state index in [1.165, 1.54) is 7.11 Å². The van der Waals surface area contributed by atoms with E-state index in [1.807, 2.05) is 48.5 Å². The molecule has 154 valence electrons. The molecular formula is C24H24N2O4. The number of esters is 1. The topological polar surface area (TPSA) is 67.9 Å². The Morgan fingerprint density at radius 3 is 2.60 bits per heavy atom. The summed E-state index contributed by atoms with van der Waals surface area (Å²) in [4.78, 5) is 27.3. The normalized spacial score (nSPS) is 13.8. The highest BCUT2D eigenvalue weighted by Crippen LogP contribution is 2.26. The summed E-state index contributed by atoms with van der Waals surface area (Å²) in [6, 6.07) is 19.3. The van der Waals surface area contributed by atoms with Crippen LogP contribution in [0.3, 0.4) is 0 Å². The molecule has 0 aliphatic carbocycles. The fourth-order valence-electron chi connectivity index (χ4n) is 3.75. The summed E-state index contributed by atoms with van der Waals surface area (Å²) in [5.41, 5.74) is 2.64. The second kappa shape index (κ2) is 8.97. The van der Waals surface area contributed by atoms with Crippen molar-refractivity contribution in [3.63, 3.8) is 0 Å². The lowest BCUT2D eigenvalue weighted by Gasteiger charge is -2.29. The lowest BCUT2D eigenvalue weighted by molar-refractivity contribution is -0.115. The van der Waals surface area contributed by atoms with Gasteiger partial charge in [0.1, 0.15) is 0 Å². The maximum absolute atomic E-state index is 12.8. The number of hydrogen-bond acceptors (Lipinski definition) is 5. The van der Waals surface area contributed by atoms with Crippen molar-refractivity contribution >= 4 is 34.0 Å². The molecule has 0 atom stereocenters. The number of amides is 1. The molecule has 0 unspecified atom stereocenters. The van der Waals surface area contributed by atoms with E-state index in [-0.39, 0.29) is 12.3 Å². The van der Waals surface area contributed by atoms with Gasteiger partial charge < -0.3 is 19.7 Å². The van der Waals surface area contributed by atoms with E-state index in [4.69, 9.17) is 9.47 Å². The second-order valence-electron chi connectivity index (χ2n) is 7.18. The molecule has 1 aliphatic rings. The van der Waals surface area contributed by atoms with Crippen molar-refractivity contribution in [1.82, 2.24) is 0 Å². The van der Waals surface area contributed by atoms with Crippen LogP contribution >= 0.6 is 0 Å². The summed E-state index contributed by atoms with van der Waals surface area (Å²) in [6.45, 7) is 2.81. The standard InChI is InChI=1S/C24H24N2O4/c1-29-24(28)21-16-19(26-11-13-30-14-12-26)9-10-22(21)25-23(27)15-18-7-4-6-17-5-2-3-8-20(17)18/h2-10,16H,11-15H2,1H3,(H,25,27). The first-order chi connectivity index (χ1) is 14.7. The predicted molar refractivity (Wildman–Crippen MR) is 117 cm³/mol. The first-order valence-electron chi connectivity index (χ1n) is 9.97. The van der Waals surface area contributed by atoms with E-state index in [2.05, 4.69) is 10.2 Å². The Labute approximate surface area is 175 Å². The molecule has 1 fully saturated rings. The van der Waals surface area contributed by atoms with E-state index in [0.29, 0.717) is 24.5 Å². The lowest BCUT2D eigenvalue weighted by Crippen LogP contribution is -2.36. The van der Waals surface area contributed by atoms with Crippen LogP contribution in [0.15, 0.2) is 60.7 Å². The second-order valence-corrected chi connectivity index (χ2v) is 7.18. The molecule has 0 spiro atoms. The minimum Gasteiger partial charge on any atom is -0.465 e. The van der Waals surface area contributed by atoms with Crippen molar-refractivity contribution in [1.29, 1.82) is 0 Å². The fraction of sp³-hybridized carbons (Fsp3) is 0.250. The van der Waals surface area contributed by atoms with Crippen LogP contribution in [-0.2, 0) is 20.7 Å². The molecule has 3 aromatic carbocycles. The summed E-state index contributed by atoms with van der Waals surface area (Å²) in [7, 11) is 1.34. The number of ether oxygens (including phenoxy) is 2. The molecular weight excluding hydrogens is 380 g/mol. The Balaban J connectivity index is 1.56. The van der Waals surface area contributed by atoms with Gasteiger partial charge in [-0.3, -0.25) is 4.79 Å². The van der Waals surface area contributed by atoms with Crippen molar-refractivity contribution in [3.05, 3.63) is 71.8 Å². The van der Waals surface area contributed by atoms with Crippen molar-refractivity contribution in [2.75, 3.05) is 43.6 Å². The Hall–Kier alpha value is -3.38. The van der Waals surface area contributed by atoms with E-state index >= 15 is 0 Å². The Morgan fingerprint density at radius 1 is 1.03 bits per heavy atom. The van der Waals surface area contributed by atoms with Crippen LogP contribution in [0.25, 0.3) is 10.8 Å². The zero-order valence-corrected chi connectivity index (χ0v) is 16.9. The maximum atomic E-state index is 12.8. The Morgan fingerprint density at radius 2 is 1.80 bits per heavy atom. The van der Waals surface area contributed by atoms with Crippen molar-refractivity contribution in [2.45, 2.75) is 6.42 Å². The van der Waals surface area contributed by atoms with Crippen molar-refractivity contribution < 1.29 is 19.1 Å². The van der Waals surface area contributed by atoms with Crippen LogP contribution in [0.1, 0.15) is 15.9 Å². The number of carbonyl (C=O) groups is 2. The summed E-state index contributed by atoms with van der Waals surface area (Å²) in [6.07, 6.45) is 0.215. The maximum Gasteiger partial charge on any atom is 0.340 e. The number of methoxy groups -OCH3 is 1. The van der Waals surface area contributed by atoms with Crippen molar-refractivity contribution in [3.8, 4) is 0 Å². The van der Waals surface area contributed by atoms with Crippen LogP contribution in [0.5, 0.6) is 0 Å². The number of fused-ring (bicyclic) bond motifs is 1. The average molecular weight is 404 g/mol. The highest BCUT2D eigenvalue weighted by Gasteiger charge is 2.19. The highest BCUT2D eigenvalue weighted by molar-refractivity contribution is 6.03. The molecule has 0 aromatic heterocycles. The monoisotopic (exact) mass is 404 g/mol. The number of carbonyl (C=O) groups excluding carboxylic acids is 2. The number of nitrogens with zero attached hydrogens (tertiary/aromatic N) is 1. The van der Waals surface area contributed by atoms with Gasteiger partial charge in [-0.05, 0) is 34.5 Å². The summed E-state index contributed by atoms with van der Waals surface area (Å²) in [5, 5.41) is 5.02. The molecule has 6 nitrogen and oxygen atoms in total. The number of morpholine rings is 1. The zero-order valence-electron chi connectivity index (χ0n) is 16.9. The van der Waals surface area contributed by atoms with Gasteiger partial charge in [-0.25, -0.2) is 4.79 Å². The first kappa shape index (κ1) is 19.9. The van der Waals surface area contributed by atoms with Gasteiger partial charge in [0, 0.05) is 18.8 Å².